The summed E-state index contributed by atoms with van der Waals surface area (Å²) in [6.07, 6.45) is 0.309. The van der Waals surface area contributed by atoms with Crippen LogP contribution >= 0.6 is 11.3 Å². The normalized spacial score (nSPS) is 10.5. The van der Waals surface area contributed by atoms with Gasteiger partial charge in [0.25, 0.3) is 0 Å². The fourth-order valence-corrected chi connectivity index (χ4v) is 3.13. The number of benzene rings is 1. The van der Waals surface area contributed by atoms with Gasteiger partial charge in [-0.1, -0.05) is 24.3 Å². The highest BCUT2D eigenvalue weighted by atomic mass is 32.1. The van der Waals surface area contributed by atoms with E-state index in [4.69, 9.17) is 4.42 Å². The van der Waals surface area contributed by atoms with Crippen LogP contribution in [0.3, 0.4) is 0 Å². The molecule has 134 valence electrons. The Labute approximate surface area is 155 Å². The Bertz CT molecular complexity index is 930. The number of thiazole rings is 1. The van der Waals surface area contributed by atoms with E-state index in [9.17, 15) is 9.59 Å². The van der Waals surface area contributed by atoms with Gasteiger partial charge < -0.3 is 15.1 Å². The van der Waals surface area contributed by atoms with Crippen molar-refractivity contribution in [3.63, 3.8) is 0 Å². The molecule has 1 aromatic carbocycles. The number of aromatic nitrogens is 1. The molecule has 0 fully saturated rings. The van der Waals surface area contributed by atoms with E-state index in [1.807, 2.05) is 36.6 Å². The first kappa shape index (κ1) is 17.9. The summed E-state index contributed by atoms with van der Waals surface area (Å²) in [6.45, 7) is 3.77. The Morgan fingerprint density at radius 3 is 2.77 bits per heavy atom. The lowest BCUT2D eigenvalue weighted by molar-refractivity contribution is -0.119. The predicted molar refractivity (Wildman–Crippen MR) is 101 cm³/mol. The maximum Gasteiger partial charge on any atom is 0.230 e. The topological polar surface area (TPSA) is 84.2 Å². The number of nitrogens with one attached hydrogen (secondary N) is 2. The number of nitrogens with zero attached hydrogens (tertiary/aromatic N) is 1. The molecular weight excluding hydrogens is 350 g/mol. The Morgan fingerprint density at radius 2 is 2.00 bits per heavy atom. The Balaban J connectivity index is 1.62. The molecule has 3 rings (SSSR count). The average Bonchev–Trinajstić information content (AvgIpc) is 3.24. The lowest BCUT2D eigenvalue weighted by Crippen LogP contribution is -2.18. The molecule has 0 aliphatic rings. The molecule has 3 aromatic rings. The number of anilines is 1. The molecule has 2 heterocycles. The van der Waals surface area contributed by atoms with Gasteiger partial charge >= 0.3 is 0 Å². The van der Waals surface area contributed by atoms with Crippen LogP contribution in [0.2, 0.25) is 0 Å². The Hall–Kier alpha value is -2.93. The Morgan fingerprint density at radius 1 is 1.19 bits per heavy atom. The van der Waals surface area contributed by atoms with Crippen LogP contribution in [0.4, 0.5) is 5.13 Å². The molecule has 6 nitrogen and oxygen atoms in total. The van der Waals surface area contributed by atoms with E-state index in [0.29, 0.717) is 35.3 Å². The summed E-state index contributed by atoms with van der Waals surface area (Å²) in [5, 5.41) is 7.85. The number of rotatable bonds is 6. The van der Waals surface area contributed by atoms with Crippen molar-refractivity contribution < 1.29 is 14.0 Å². The number of furan rings is 1. The SMILES string of the molecule is CC(=O)NCc1ccc(-c2csc(NC(=O)Cc3ccccc3C)n2)o1. The van der Waals surface area contributed by atoms with E-state index in [1.165, 1.54) is 18.3 Å². The second-order valence-corrected chi connectivity index (χ2v) is 6.72. The minimum absolute atomic E-state index is 0.106. The van der Waals surface area contributed by atoms with Crippen molar-refractivity contribution in [1.29, 1.82) is 0 Å². The summed E-state index contributed by atoms with van der Waals surface area (Å²) in [6, 6.07) is 11.4. The highest BCUT2D eigenvalue weighted by molar-refractivity contribution is 7.14. The summed E-state index contributed by atoms with van der Waals surface area (Å²) < 4.78 is 5.67. The minimum Gasteiger partial charge on any atom is -0.458 e. The summed E-state index contributed by atoms with van der Waals surface area (Å²) in [7, 11) is 0. The molecule has 0 unspecified atom stereocenters. The van der Waals surface area contributed by atoms with Gasteiger partial charge in [-0.25, -0.2) is 4.98 Å². The zero-order valence-electron chi connectivity index (χ0n) is 14.5. The monoisotopic (exact) mass is 369 g/mol. The van der Waals surface area contributed by atoms with Crippen LogP contribution in [0.15, 0.2) is 46.2 Å². The van der Waals surface area contributed by atoms with Crippen LogP contribution in [-0.4, -0.2) is 16.8 Å². The van der Waals surface area contributed by atoms with Gasteiger partial charge in [-0.05, 0) is 30.2 Å². The molecule has 0 radical (unpaired) electrons. The first-order chi connectivity index (χ1) is 12.5. The van der Waals surface area contributed by atoms with Crippen molar-refractivity contribution >= 4 is 28.3 Å². The molecular formula is C19H19N3O3S. The third kappa shape index (κ3) is 4.58. The smallest absolute Gasteiger partial charge is 0.230 e. The van der Waals surface area contributed by atoms with Crippen LogP contribution < -0.4 is 10.6 Å². The van der Waals surface area contributed by atoms with E-state index >= 15 is 0 Å². The van der Waals surface area contributed by atoms with Crippen LogP contribution in [0, 0.1) is 6.92 Å². The van der Waals surface area contributed by atoms with Gasteiger partial charge in [0.2, 0.25) is 11.8 Å². The largest absolute Gasteiger partial charge is 0.458 e. The Kier molecular flexibility index (Phi) is 5.48. The lowest BCUT2D eigenvalue weighted by Gasteiger charge is -2.04. The van der Waals surface area contributed by atoms with Crippen molar-refractivity contribution in [2.24, 2.45) is 0 Å². The minimum atomic E-state index is -0.116. The molecule has 0 bridgehead atoms. The standard InChI is InChI=1S/C19H19N3O3S/c1-12-5-3-4-6-14(12)9-18(24)22-19-21-16(11-26-19)17-8-7-15(25-17)10-20-13(2)23/h3-8,11H,9-10H2,1-2H3,(H,20,23)(H,21,22,24). The molecule has 0 atom stereocenters. The van der Waals surface area contributed by atoms with Crippen molar-refractivity contribution in [1.82, 2.24) is 10.3 Å². The number of aryl methyl sites for hydroxylation is 1. The van der Waals surface area contributed by atoms with Gasteiger partial charge in [0, 0.05) is 12.3 Å². The van der Waals surface area contributed by atoms with Crippen molar-refractivity contribution in [2.75, 3.05) is 5.32 Å². The maximum atomic E-state index is 12.2. The predicted octanol–water partition coefficient (Wildman–Crippen LogP) is 3.53. The second-order valence-electron chi connectivity index (χ2n) is 5.87. The molecule has 0 saturated carbocycles. The average molecular weight is 369 g/mol. The van der Waals surface area contributed by atoms with Gasteiger partial charge in [0.1, 0.15) is 11.5 Å². The number of hydrogen-bond acceptors (Lipinski definition) is 5. The van der Waals surface area contributed by atoms with E-state index in [2.05, 4.69) is 15.6 Å². The number of amides is 2. The van der Waals surface area contributed by atoms with Gasteiger partial charge in [0.15, 0.2) is 10.9 Å². The van der Waals surface area contributed by atoms with Crippen molar-refractivity contribution in [2.45, 2.75) is 26.8 Å². The van der Waals surface area contributed by atoms with E-state index < -0.39 is 0 Å². The zero-order valence-corrected chi connectivity index (χ0v) is 15.4. The van der Waals surface area contributed by atoms with Crippen LogP contribution in [0.5, 0.6) is 0 Å². The zero-order chi connectivity index (χ0) is 18.5. The van der Waals surface area contributed by atoms with Crippen molar-refractivity contribution in [3.8, 4) is 11.5 Å². The van der Waals surface area contributed by atoms with Gasteiger partial charge in [0.05, 0.1) is 13.0 Å². The fourth-order valence-electron chi connectivity index (χ4n) is 2.41. The third-order valence-electron chi connectivity index (χ3n) is 3.79. The van der Waals surface area contributed by atoms with Crippen LogP contribution in [-0.2, 0) is 22.6 Å². The fraction of sp³-hybridized carbons (Fsp3) is 0.211. The molecule has 0 aliphatic carbocycles. The highest BCUT2D eigenvalue weighted by Crippen LogP contribution is 2.26. The van der Waals surface area contributed by atoms with Crippen molar-refractivity contribution in [3.05, 3.63) is 58.7 Å². The molecule has 0 aliphatic heterocycles. The van der Waals surface area contributed by atoms with Crippen LogP contribution in [0.25, 0.3) is 11.5 Å². The lowest BCUT2D eigenvalue weighted by atomic mass is 10.1. The van der Waals surface area contributed by atoms with Gasteiger partial charge in [-0.15, -0.1) is 11.3 Å². The van der Waals surface area contributed by atoms with Gasteiger partial charge in [-0.2, -0.15) is 0 Å². The molecule has 2 amide bonds. The third-order valence-corrected chi connectivity index (χ3v) is 4.55. The summed E-state index contributed by atoms with van der Waals surface area (Å²) in [5.41, 5.74) is 2.73. The molecule has 26 heavy (non-hydrogen) atoms. The number of hydrogen-bond donors (Lipinski definition) is 2. The van der Waals surface area contributed by atoms with Crippen LogP contribution in [0.1, 0.15) is 23.8 Å². The van der Waals surface area contributed by atoms with Gasteiger partial charge in [-0.3, -0.25) is 9.59 Å². The molecule has 2 N–H and O–H groups in total. The molecule has 7 heteroatoms. The van der Waals surface area contributed by atoms with E-state index in [-0.39, 0.29) is 11.8 Å². The second kappa shape index (κ2) is 7.97. The molecule has 0 spiro atoms. The summed E-state index contributed by atoms with van der Waals surface area (Å²) in [5.74, 6) is 1.02. The molecule has 2 aromatic heterocycles. The first-order valence-electron chi connectivity index (χ1n) is 8.14. The highest BCUT2D eigenvalue weighted by Gasteiger charge is 2.12. The number of carbonyl (C=O) groups excluding carboxylic acids is 2. The quantitative estimate of drug-likeness (QED) is 0.696. The number of carbonyl (C=O) groups is 2. The summed E-state index contributed by atoms with van der Waals surface area (Å²) >= 11 is 1.34. The van der Waals surface area contributed by atoms with E-state index in [1.54, 1.807) is 12.1 Å². The maximum absolute atomic E-state index is 12.2. The molecule has 0 saturated heterocycles. The first-order valence-corrected chi connectivity index (χ1v) is 9.02. The summed E-state index contributed by atoms with van der Waals surface area (Å²) in [4.78, 5) is 27.6. The van der Waals surface area contributed by atoms with E-state index in [0.717, 1.165) is 11.1 Å².